The van der Waals surface area contributed by atoms with Crippen LogP contribution in [0.15, 0.2) is 42.5 Å². The summed E-state index contributed by atoms with van der Waals surface area (Å²) >= 11 is 0. The zero-order valence-corrected chi connectivity index (χ0v) is 14.4. The van der Waals surface area contributed by atoms with Crippen molar-refractivity contribution in [3.63, 3.8) is 0 Å². The number of halogens is 2. The van der Waals surface area contributed by atoms with Crippen LogP contribution < -0.4 is 10.2 Å². The molecule has 4 rings (SSSR count). The van der Waals surface area contributed by atoms with Crippen LogP contribution in [-0.2, 0) is 6.54 Å². The van der Waals surface area contributed by atoms with Crippen molar-refractivity contribution in [3.8, 4) is 0 Å². The van der Waals surface area contributed by atoms with Gasteiger partial charge in [0.15, 0.2) is 0 Å². The van der Waals surface area contributed by atoms with Crippen molar-refractivity contribution in [1.29, 1.82) is 0 Å². The van der Waals surface area contributed by atoms with E-state index in [1.165, 1.54) is 18.6 Å². The number of nitrogens with one attached hydrogen (secondary N) is 1. The first-order chi connectivity index (χ1) is 12.7. The highest BCUT2D eigenvalue weighted by Crippen LogP contribution is 2.25. The van der Waals surface area contributed by atoms with E-state index in [1.807, 2.05) is 24.3 Å². The molecule has 26 heavy (non-hydrogen) atoms. The predicted octanol–water partition coefficient (Wildman–Crippen LogP) is 4.51. The van der Waals surface area contributed by atoms with E-state index in [-0.39, 0.29) is 6.54 Å². The Bertz CT molecular complexity index is 923. The van der Waals surface area contributed by atoms with Crippen molar-refractivity contribution in [2.75, 3.05) is 23.3 Å². The van der Waals surface area contributed by atoms with Crippen LogP contribution in [0.25, 0.3) is 10.9 Å². The van der Waals surface area contributed by atoms with Crippen LogP contribution in [0, 0.1) is 11.6 Å². The largest absolute Gasteiger partial charge is 0.365 e. The van der Waals surface area contributed by atoms with Crippen molar-refractivity contribution in [2.24, 2.45) is 0 Å². The van der Waals surface area contributed by atoms with E-state index in [9.17, 15) is 8.78 Å². The standard InChI is InChI=1S/C20H20F2N4/c21-15-9-8-14(17(22)12-15)13-23-19-16-6-2-3-7-18(16)24-20(25-19)26-10-4-1-5-11-26/h2-3,6-9,12H,1,4-5,10-11,13H2,(H,23,24,25). The van der Waals surface area contributed by atoms with Crippen molar-refractivity contribution >= 4 is 22.7 Å². The van der Waals surface area contributed by atoms with Gasteiger partial charge in [0.05, 0.1) is 5.52 Å². The molecule has 1 N–H and O–H groups in total. The Morgan fingerprint density at radius 2 is 1.77 bits per heavy atom. The van der Waals surface area contributed by atoms with Crippen LogP contribution in [0.5, 0.6) is 0 Å². The van der Waals surface area contributed by atoms with Crippen molar-refractivity contribution in [2.45, 2.75) is 25.8 Å². The molecule has 2 aromatic carbocycles. The third-order valence-corrected chi connectivity index (χ3v) is 4.69. The smallest absolute Gasteiger partial charge is 0.227 e. The minimum absolute atomic E-state index is 0.229. The Kier molecular flexibility index (Phi) is 4.65. The van der Waals surface area contributed by atoms with Gasteiger partial charge < -0.3 is 10.2 Å². The molecule has 3 aromatic rings. The Morgan fingerprint density at radius 1 is 0.962 bits per heavy atom. The molecular formula is C20H20F2N4. The molecule has 2 heterocycles. The zero-order chi connectivity index (χ0) is 17.9. The van der Waals surface area contributed by atoms with Gasteiger partial charge in [-0.3, -0.25) is 0 Å². The first kappa shape index (κ1) is 16.7. The second-order valence-electron chi connectivity index (χ2n) is 6.53. The number of hydrogen-bond donors (Lipinski definition) is 1. The summed E-state index contributed by atoms with van der Waals surface area (Å²) in [5, 5.41) is 4.09. The average Bonchev–Trinajstić information content (AvgIpc) is 2.67. The lowest BCUT2D eigenvalue weighted by atomic mass is 10.1. The third kappa shape index (κ3) is 3.45. The minimum atomic E-state index is -0.578. The van der Waals surface area contributed by atoms with Crippen LogP contribution in [0.1, 0.15) is 24.8 Å². The summed E-state index contributed by atoms with van der Waals surface area (Å²) in [6, 6.07) is 11.4. The van der Waals surface area contributed by atoms with E-state index in [0.29, 0.717) is 17.3 Å². The summed E-state index contributed by atoms with van der Waals surface area (Å²) in [5.74, 6) is 0.226. The van der Waals surface area contributed by atoms with Crippen molar-refractivity contribution < 1.29 is 8.78 Å². The van der Waals surface area contributed by atoms with Gasteiger partial charge in [0.1, 0.15) is 17.5 Å². The van der Waals surface area contributed by atoms with E-state index < -0.39 is 11.6 Å². The molecule has 0 amide bonds. The molecule has 134 valence electrons. The molecule has 1 aliphatic heterocycles. The highest BCUT2D eigenvalue weighted by Gasteiger charge is 2.16. The van der Waals surface area contributed by atoms with Gasteiger partial charge in [-0.2, -0.15) is 4.98 Å². The minimum Gasteiger partial charge on any atom is -0.365 e. The summed E-state index contributed by atoms with van der Waals surface area (Å²) in [7, 11) is 0. The SMILES string of the molecule is Fc1ccc(CNc2nc(N3CCCCC3)nc3ccccc23)c(F)c1. The molecule has 6 heteroatoms. The molecule has 0 bridgehead atoms. The summed E-state index contributed by atoms with van der Waals surface area (Å²) < 4.78 is 27.0. The number of aromatic nitrogens is 2. The summed E-state index contributed by atoms with van der Waals surface area (Å²) in [4.78, 5) is 11.6. The first-order valence-electron chi connectivity index (χ1n) is 8.90. The number of rotatable bonds is 4. The second-order valence-corrected chi connectivity index (χ2v) is 6.53. The molecule has 1 saturated heterocycles. The fourth-order valence-corrected chi connectivity index (χ4v) is 3.28. The maximum Gasteiger partial charge on any atom is 0.227 e. The normalized spacial score (nSPS) is 14.6. The second kappa shape index (κ2) is 7.23. The Balaban J connectivity index is 1.66. The number of hydrogen-bond acceptors (Lipinski definition) is 4. The van der Waals surface area contributed by atoms with E-state index in [0.717, 1.165) is 42.9 Å². The molecule has 0 spiro atoms. The summed E-state index contributed by atoms with van der Waals surface area (Å²) in [6.07, 6.45) is 3.51. The summed E-state index contributed by atoms with van der Waals surface area (Å²) in [5.41, 5.74) is 1.25. The Hall–Kier alpha value is -2.76. The van der Waals surface area contributed by atoms with E-state index in [2.05, 4.69) is 10.2 Å². The quantitative estimate of drug-likeness (QED) is 0.748. The fourth-order valence-electron chi connectivity index (χ4n) is 3.28. The predicted molar refractivity (Wildman–Crippen MR) is 99.3 cm³/mol. The van der Waals surface area contributed by atoms with Gasteiger partial charge in [0, 0.05) is 36.7 Å². The first-order valence-corrected chi connectivity index (χ1v) is 8.90. The van der Waals surface area contributed by atoms with Gasteiger partial charge in [0.2, 0.25) is 5.95 Å². The van der Waals surface area contributed by atoms with Gasteiger partial charge in [-0.15, -0.1) is 0 Å². The van der Waals surface area contributed by atoms with Crippen LogP contribution in [-0.4, -0.2) is 23.1 Å². The van der Waals surface area contributed by atoms with Gasteiger partial charge in [-0.25, -0.2) is 13.8 Å². The van der Waals surface area contributed by atoms with Crippen LogP contribution in [0.3, 0.4) is 0 Å². The van der Waals surface area contributed by atoms with Gasteiger partial charge >= 0.3 is 0 Å². The number of benzene rings is 2. The van der Waals surface area contributed by atoms with Gasteiger partial charge in [-0.05, 0) is 37.5 Å². The van der Waals surface area contributed by atoms with Crippen LogP contribution in [0.4, 0.5) is 20.5 Å². The van der Waals surface area contributed by atoms with Crippen LogP contribution >= 0.6 is 0 Å². The maximum absolute atomic E-state index is 13.9. The van der Waals surface area contributed by atoms with Gasteiger partial charge in [0.25, 0.3) is 0 Å². The van der Waals surface area contributed by atoms with Crippen molar-refractivity contribution in [1.82, 2.24) is 9.97 Å². The molecule has 0 radical (unpaired) electrons. The number of fused-ring (bicyclic) bond motifs is 1. The lowest BCUT2D eigenvalue weighted by molar-refractivity contribution is 0.569. The molecule has 1 aromatic heterocycles. The van der Waals surface area contributed by atoms with E-state index in [4.69, 9.17) is 9.97 Å². The topological polar surface area (TPSA) is 41.1 Å². The molecule has 0 saturated carbocycles. The van der Waals surface area contributed by atoms with E-state index >= 15 is 0 Å². The lowest BCUT2D eigenvalue weighted by Crippen LogP contribution is -2.31. The molecular weight excluding hydrogens is 334 g/mol. The Labute approximate surface area is 150 Å². The number of para-hydroxylation sites is 1. The molecule has 4 nitrogen and oxygen atoms in total. The van der Waals surface area contributed by atoms with Crippen molar-refractivity contribution in [3.05, 3.63) is 59.7 Å². The maximum atomic E-state index is 13.9. The van der Waals surface area contributed by atoms with Gasteiger partial charge in [-0.1, -0.05) is 18.2 Å². The van der Waals surface area contributed by atoms with E-state index in [1.54, 1.807) is 0 Å². The lowest BCUT2D eigenvalue weighted by Gasteiger charge is -2.27. The van der Waals surface area contributed by atoms with Crippen LogP contribution in [0.2, 0.25) is 0 Å². The number of anilines is 2. The summed E-state index contributed by atoms with van der Waals surface area (Å²) in [6.45, 7) is 2.13. The monoisotopic (exact) mass is 354 g/mol. The zero-order valence-electron chi connectivity index (χ0n) is 14.4. The average molecular weight is 354 g/mol. The number of piperidine rings is 1. The highest BCUT2D eigenvalue weighted by molar-refractivity contribution is 5.90. The fraction of sp³-hybridized carbons (Fsp3) is 0.300. The Morgan fingerprint density at radius 3 is 2.58 bits per heavy atom. The molecule has 0 aliphatic carbocycles. The third-order valence-electron chi connectivity index (χ3n) is 4.69. The number of nitrogens with zero attached hydrogens (tertiary/aromatic N) is 3. The molecule has 0 atom stereocenters. The highest BCUT2D eigenvalue weighted by atomic mass is 19.1. The molecule has 0 unspecified atom stereocenters. The molecule has 1 fully saturated rings. The molecule has 1 aliphatic rings.